The molecule has 1 unspecified atom stereocenters. The van der Waals surface area contributed by atoms with E-state index in [1.165, 1.54) is 16.1 Å². The summed E-state index contributed by atoms with van der Waals surface area (Å²) in [6, 6.07) is 0. The first kappa shape index (κ1) is 29.8. The van der Waals surface area contributed by atoms with Crippen LogP contribution in [0.25, 0.3) is 0 Å². The van der Waals surface area contributed by atoms with Crippen molar-refractivity contribution in [1.82, 2.24) is 0 Å². The number of hydrogen-bond donors (Lipinski definition) is 0. The van der Waals surface area contributed by atoms with Crippen LogP contribution in [0.15, 0.2) is 40.4 Å². The largest absolute Gasteiger partial charge is 3.00 e. The Labute approximate surface area is 198 Å². The average molecular weight is 464 g/mol. The number of thioether (sulfide) groups is 1. The Morgan fingerprint density at radius 3 is 2.19 bits per heavy atom. The van der Waals surface area contributed by atoms with Gasteiger partial charge in [0.1, 0.15) is 4.93 Å². The molecule has 151 valence electrons. The molecule has 1 radical (unpaired) electrons. The van der Waals surface area contributed by atoms with Gasteiger partial charge in [0.15, 0.2) is 0 Å². The Kier molecular flexibility index (Phi) is 12.9. The van der Waals surface area contributed by atoms with Gasteiger partial charge in [0.25, 0.3) is 0 Å². The zero-order valence-electron chi connectivity index (χ0n) is 17.7. The van der Waals surface area contributed by atoms with Gasteiger partial charge in [-0.2, -0.15) is 11.0 Å². The molecule has 0 aromatic heterocycles. The molecule has 0 N–H and O–H groups in total. The third-order valence-electron chi connectivity index (χ3n) is 4.45. The fourth-order valence-corrected chi connectivity index (χ4v) is 4.61. The maximum atomic E-state index is 6.54. The zero-order chi connectivity index (χ0) is 18.0. The molecule has 0 aliphatic heterocycles. The number of rotatable bonds is 5. The van der Waals surface area contributed by atoms with Gasteiger partial charge in [-0.25, -0.2) is 6.08 Å². The van der Waals surface area contributed by atoms with Crippen molar-refractivity contribution in [2.24, 2.45) is 10.8 Å². The third-order valence-corrected chi connectivity index (χ3v) is 5.79. The van der Waals surface area contributed by atoms with Crippen molar-refractivity contribution in [3.05, 3.63) is 46.4 Å². The summed E-state index contributed by atoms with van der Waals surface area (Å²) in [5.41, 5.74) is 3.05. The predicted molar refractivity (Wildman–Crippen MR) is 107 cm³/mol. The van der Waals surface area contributed by atoms with Crippen LogP contribution in [0, 0.1) is 16.9 Å². The van der Waals surface area contributed by atoms with E-state index in [1.54, 1.807) is 0 Å². The second-order valence-corrected chi connectivity index (χ2v) is 10.1. The van der Waals surface area contributed by atoms with Gasteiger partial charge < -0.3 is 29.6 Å². The summed E-state index contributed by atoms with van der Waals surface area (Å²) >= 11 is 1.85. The van der Waals surface area contributed by atoms with Gasteiger partial charge in [-0.3, -0.25) is 6.08 Å². The Morgan fingerprint density at radius 1 is 1.11 bits per heavy atom. The van der Waals surface area contributed by atoms with E-state index >= 15 is 0 Å². The molecule has 0 saturated heterocycles. The molecule has 1 atom stereocenters. The van der Waals surface area contributed by atoms with Gasteiger partial charge in [-0.05, 0) is 28.4 Å². The van der Waals surface area contributed by atoms with Crippen LogP contribution in [0.5, 0.6) is 0 Å². The molecule has 0 fully saturated rings. The van der Waals surface area contributed by atoms with Crippen LogP contribution >= 0.6 is 11.8 Å². The first-order valence-corrected chi connectivity index (χ1v) is 9.94. The summed E-state index contributed by atoms with van der Waals surface area (Å²) in [6.45, 7) is 16.7. The number of hydrogen-bond acceptors (Lipinski definition) is 2. The Morgan fingerprint density at radius 2 is 1.74 bits per heavy atom. The van der Waals surface area contributed by atoms with Crippen LogP contribution in [0.3, 0.4) is 0 Å². The minimum Gasteiger partial charge on any atom is -1.00 e. The topological polar surface area (TPSA) is 9.23 Å². The Bertz CT molecular complexity index is 594. The van der Waals surface area contributed by atoms with Gasteiger partial charge in [0, 0.05) is 13.0 Å². The van der Waals surface area contributed by atoms with E-state index in [2.05, 4.69) is 78.8 Å². The minimum absolute atomic E-state index is 0. The number of allylic oxidation sites excluding steroid dienone is 5. The minimum atomic E-state index is -0.306. The molecular formula is C22H33Cl2OSTi. The van der Waals surface area contributed by atoms with Gasteiger partial charge >= 0.3 is 21.7 Å². The molecule has 5 heteroatoms. The molecule has 2 aliphatic rings. The van der Waals surface area contributed by atoms with Crippen LogP contribution in [0.2, 0.25) is 0 Å². The molecule has 0 saturated carbocycles. The van der Waals surface area contributed by atoms with Gasteiger partial charge in [0.05, 0.1) is 0 Å². The van der Waals surface area contributed by atoms with E-state index in [-0.39, 0.29) is 62.3 Å². The summed E-state index contributed by atoms with van der Waals surface area (Å²) in [4.78, 5) is 0.911. The van der Waals surface area contributed by atoms with Crippen LogP contribution in [0.1, 0.15) is 67.7 Å². The third kappa shape index (κ3) is 7.72. The molecule has 2 aliphatic carbocycles. The monoisotopic (exact) mass is 463 g/mol. The maximum absolute atomic E-state index is 6.54. The summed E-state index contributed by atoms with van der Waals surface area (Å²) in [5, 5.41) is 0. The van der Waals surface area contributed by atoms with Crippen molar-refractivity contribution >= 4 is 11.8 Å². The molecule has 0 aromatic rings. The van der Waals surface area contributed by atoms with Crippen LogP contribution < -0.4 is 24.8 Å². The quantitative estimate of drug-likeness (QED) is 0.339. The molecule has 27 heavy (non-hydrogen) atoms. The number of halogens is 2. The molecule has 0 spiro atoms. The van der Waals surface area contributed by atoms with Gasteiger partial charge in [-0.15, -0.1) is 18.2 Å². The Balaban J connectivity index is 0. The van der Waals surface area contributed by atoms with Gasteiger partial charge in [-0.1, -0.05) is 60.6 Å². The van der Waals surface area contributed by atoms with Crippen LogP contribution in [0.4, 0.5) is 0 Å². The first-order valence-electron chi connectivity index (χ1n) is 9.12. The fourth-order valence-electron chi connectivity index (χ4n) is 3.15. The SMILES string of the molecule is CCCOC1(SC2=[C-]CC=C2)CC=C(C(C)(C)C)C=C1C(C)(C)C.[Cl-].[Cl-].[Ti+3]. The smallest absolute Gasteiger partial charge is 1.00 e. The van der Waals surface area contributed by atoms with Crippen molar-refractivity contribution in [2.45, 2.75) is 72.7 Å². The molecule has 0 amide bonds. The van der Waals surface area contributed by atoms with Crippen LogP contribution in [-0.2, 0) is 26.5 Å². The van der Waals surface area contributed by atoms with E-state index in [0.717, 1.165) is 25.9 Å². The first-order chi connectivity index (χ1) is 11.1. The zero-order valence-corrected chi connectivity index (χ0v) is 21.6. The second-order valence-electron chi connectivity index (χ2n) is 8.77. The molecule has 2 rings (SSSR count). The predicted octanol–water partition coefficient (Wildman–Crippen LogP) is 0.844. The van der Waals surface area contributed by atoms with Crippen molar-refractivity contribution in [3.8, 4) is 0 Å². The second kappa shape index (κ2) is 11.7. The molecule has 1 nitrogen and oxygen atoms in total. The van der Waals surface area contributed by atoms with E-state index in [1.807, 2.05) is 11.8 Å². The van der Waals surface area contributed by atoms with Crippen molar-refractivity contribution in [2.75, 3.05) is 6.61 Å². The number of ether oxygens (including phenoxy) is 1. The van der Waals surface area contributed by atoms with Crippen molar-refractivity contribution in [3.63, 3.8) is 0 Å². The van der Waals surface area contributed by atoms with E-state index in [0.29, 0.717) is 0 Å². The van der Waals surface area contributed by atoms with E-state index < -0.39 is 0 Å². The normalized spacial score (nSPS) is 22.0. The Hall–Kier alpha value is 0.564. The molecule has 0 heterocycles. The summed E-state index contributed by atoms with van der Waals surface area (Å²) in [6.07, 6.45) is 15.5. The molecule has 0 aromatic carbocycles. The average Bonchev–Trinajstić information content (AvgIpc) is 2.96. The van der Waals surface area contributed by atoms with E-state index in [9.17, 15) is 0 Å². The molecule has 0 bridgehead atoms. The maximum Gasteiger partial charge on any atom is 3.00 e. The van der Waals surface area contributed by atoms with Crippen molar-refractivity contribution < 1.29 is 51.3 Å². The summed E-state index contributed by atoms with van der Waals surface area (Å²) in [5.74, 6) is 0. The van der Waals surface area contributed by atoms with E-state index in [4.69, 9.17) is 4.74 Å². The summed E-state index contributed by atoms with van der Waals surface area (Å²) in [7, 11) is 0. The molecular weight excluding hydrogens is 431 g/mol. The standard InChI is InChI=1S/C22H33OS.2ClH.Ti/c1-8-15-23-22(24-18-11-9-10-12-18)14-13-17(20(2,3)4)16-19(22)21(5,6)7;;;/h9,11,13,16H,8,10,14-15H2,1-7H3;2*1H;/q-1;;;+3/p-2. The van der Waals surface area contributed by atoms with Crippen LogP contribution in [-0.4, -0.2) is 11.5 Å². The van der Waals surface area contributed by atoms with Gasteiger partial charge in [0.2, 0.25) is 0 Å². The van der Waals surface area contributed by atoms with Crippen molar-refractivity contribution in [1.29, 1.82) is 0 Å². The fraction of sp³-hybridized carbons (Fsp3) is 0.636. The summed E-state index contributed by atoms with van der Waals surface area (Å²) < 4.78 is 6.54.